The van der Waals surface area contributed by atoms with Gasteiger partial charge in [-0.05, 0) is 32.4 Å². The molecule has 1 atom stereocenters. The van der Waals surface area contributed by atoms with Crippen molar-refractivity contribution in [1.29, 1.82) is 0 Å². The van der Waals surface area contributed by atoms with Crippen LogP contribution in [0.5, 0.6) is 0 Å². The third-order valence-electron chi connectivity index (χ3n) is 4.08. The van der Waals surface area contributed by atoms with Crippen LogP contribution < -0.4 is 0 Å². The summed E-state index contributed by atoms with van der Waals surface area (Å²) in [5.41, 5.74) is 2.84. The lowest BCUT2D eigenvalue weighted by atomic mass is 10.0. The van der Waals surface area contributed by atoms with Crippen molar-refractivity contribution in [3.8, 4) is 0 Å². The van der Waals surface area contributed by atoms with Crippen LogP contribution in [-0.4, -0.2) is 56.2 Å². The van der Waals surface area contributed by atoms with E-state index in [9.17, 15) is 5.11 Å². The second-order valence-corrected chi connectivity index (χ2v) is 6.78. The summed E-state index contributed by atoms with van der Waals surface area (Å²) >= 11 is 0. The molecule has 0 saturated carbocycles. The zero-order valence-corrected chi connectivity index (χ0v) is 13.7. The maximum absolute atomic E-state index is 9.41. The molecule has 3 heterocycles. The number of hydrogen-bond acceptors (Lipinski definition) is 5. The van der Waals surface area contributed by atoms with Crippen LogP contribution in [0.2, 0.25) is 0 Å². The van der Waals surface area contributed by atoms with E-state index in [1.807, 2.05) is 24.9 Å². The van der Waals surface area contributed by atoms with E-state index in [0.29, 0.717) is 0 Å². The number of morpholine rings is 1. The van der Waals surface area contributed by atoms with Crippen LogP contribution in [0.1, 0.15) is 25.1 Å². The van der Waals surface area contributed by atoms with Crippen molar-refractivity contribution >= 4 is 11.0 Å². The molecular formula is C16H24N4O2. The van der Waals surface area contributed by atoms with Gasteiger partial charge in [0.05, 0.1) is 24.0 Å². The van der Waals surface area contributed by atoms with Gasteiger partial charge in [-0.25, -0.2) is 4.98 Å². The fourth-order valence-corrected chi connectivity index (χ4v) is 3.33. The molecule has 6 nitrogen and oxygen atoms in total. The molecule has 2 aromatic rings. The summed E-state index contributed by atoms with van der Waals surface area (Å²) in [7, 11) is 1.92. The monoisotopic (exact) mass is 304 g/mol. The molecule has 120 valence electrons. The van der Waals surface area contributed by atoms with Crippen LogP contribution in [0.25, 0.3) is 11.0 Å². The maximum Gasteiger partial charge on any atom is 0.157 e. The standard InChI is InChI=1S/C16H24N4O2/c1-11-14-5-12(6-17-15(14)19(4)18-11)7-20-8-13(9-21)22-16(2,3)10-20/h5-6,13,21H,7-10H2,1-4H3. The summed E-state index contributed by atoms with van der Waals surface area (Å²) in [5, 5.41) is 14.9. The van der Waals surface area contributed by atoms with Gasteiger partial charge in [0.2, 0.25) is 0 Å². The molecule has 6 heteroatoms. The Bertz CT molecular complexity index is 680. The van der Waals surface area contributed by atoms with Crippen LogP contribution in [-0.2, 0) is 18.3 Å². The highest BCUT2D eigenvalue weighted by Gasteiger charge is 2.32. The summed E-state index contributed by atoms with van der Waals surface area (Å²) in [6.07, 6.45) is 1.79. The number of aromatic nitrogens is 3. The first-order valence-electron chi connectivity index (χ1n) is 7.67. The molecule has 1 saturated heterocycles. The Morgan fingerprint density at radius 3 is 2.95 bits per heavy atom. The smallest absolute Gasteiger partial charge is 0.157 e. The minimum Gasteiger partial charge on any atom is -0.394 e. The topological polar surface area (TPSA) is 63.4 Å². The van der Waals surface area contributed by atoms with E-state index in [-0.39, 0.29) is 18.3 Å². The first-order chi connectivity index (χ1) is 10.4. The Balaban J connectivity index is 1.81. The van der Waals surface area contributed by atoms with Gasteiger partial charge in [-0.1, -0.05) is 0 Å². The quantitative estimate of drug-likeness (QED) is 0.924. The molecule has 1 aliphatic rings. The molecule has 1 fully saturated rings. The lowest BCUT2D eigenvalue weighted by Gasteiger charge is -2.42. The molecule has 0 aliphatic carbocycles. The number of ether oxygens (including phenoxy) is 1. The lowest BCUT2D eigenvalue weighted by molar-refractivity contribution is -0.150. The van der Waals surface area contributed by atoms with Gasteiger partial charge in [0.15, 0.2) is 5.65 Å². The van der Waals surface area contributed by atoms with Crippen LogP contribution >= 0.6 is 0 Å². The van der Waals surface area contributed by atoms with Gasteiger partial charge >= 0.3 is 0 Å². The third kappa shape index (κ3) is 2.99. The van der Waals surface area contributed by atoms with Crippen molar-refractivity contribution < 1.29 is 9.84 Å². The van der Waals surface area contributed by atoms with E-state index in [1.54, 1.807) is 0 Å². The second kappa shape index (κ2) is 5.61. The molecule has 1 N–H and O–H groups in total. The first-order valence-corrected chi connectivity index (χ1v) is 7.67. The van der Waals surface area contributed by atoms with E-state index in [1.165, 1.54) is 0 Å². The SMILES string of the molecule is Cc1nn(C)c2ncc(CN3CC(CO)OC(C)(C)C3)cc12. The van der Waals surface area contributed by atoms with Gasteiger partial charge < -0.3 is 9.84 Å². The van der Waals surface area contributed by atoms with E-state index < -0.39 is 0 Å². The van der Waals surface area contributed by atoms with Crippen LogP contribution in [0.3, 0.4) is 0 Å². The molecular weight excluding hydrogens is 280 g/mol. The molecule has 1 unspecified atom stereocenters. The van der Waals surface area contributed by atoms with Crippen LogP contribution in [0.15, 0.2) is 12.3 Å². The van der Waals surface area contributed by atoms with E-state index in [4.69, 9.17) is 4.74 Å². The summed E-state index contributed by atoms with van der Waals surface area (Å²) in [5.74, 6) is 0. The molecule has 0 bridgehead atoms. The van der Waals surface area contributed by atoms with Gasteiger partial charge in [-0.15, -0.1) is 0 Å². The average Bonchev–Trinajstić information content (AvgIpc) is 2.72. The largest absolute Gasteiger partial charge is 0.394 e. The van der Waals surface area contributed by atoms with Crippen molar-refractivity contribution in [3.05, 3.63) is 23.5 Å². The summed E-state index contributed by atoms with van der Waals surface area (Å²) in [4.78, 5) is 6.85. The van der Waals surface area contributed by atoms with Crippen LogP contribution in [0.4, 0.5) is 0 Å². The summed E-state index contributed by atoms with van der Waals surface area (Å²) in [6.45, 7) is 8.58. The number of nitrogens with zero attached hydrogens (tertiary/aromatic N) is 4. The molecule has 0 radical (unpaired) electrons. The summed E-state index contributed by atoms with van der Waals surface area (Å²) in [6, 6.07) is 2.17. The minimum atomic E-state index is -0.243. The molecule has 3 rings (SSSR count). The number of fused-ring (bicyclic) bond motifs is 1. The average molecular weight is 304 g/mol. The second-order valence-electron chi connectivity index (χ2n) is 6.78. The summed E-state index contributed by atoms with van der Waals surface area (Å²) < 4.78 is 7.68. The van der Waals surface area contributed by atoms with Crippen molar-refractivity contribution in [2.24, 2.45) is 7.05 Å². The van der Waals surface area contributed by atoms with Gasteiger partial charge in [-0.3, -0.25) is 9.58 Å². The third-order valence-corrected chi connectivity index (χ3v) is 4.08. The van der Waals surface area contributed by atoms with Crippen molar-refractivity contribution in [1.82, 2.24) is 19.7 Å². The van der Waals surface area contributed by atoms with E-state index >= 15 is 0 Å². The predicted molar refractivity (Wildman–Crippen MR) is 84.6 cm³/mol. The van der Waals surface area contributed by atoms with Crippen molar-refractivity contribution in [3.63, 3.8) is 0 Å². The number of rotatable bonds is 3. The zero-order valence-electron chi connectivity index (χ0n) is 13.7. The molecule has 2 aromatic heterocycles. The molecule has 0 spiro atoms. The Morgan fingerprint density at radius 2 is 2.23 bits per heavy atom. The van der Waals surface area contributed by atoms with Gasteiger partial charge in [-0.2, -0.15) is 5.10 Å². The molecule has 0 amide bonds. The number of aryl methyl sites for hydroxylation is 2. The Labute approximate surface area is 130 Å². The van der Waals surface area contributed by atoms with Gasteiger partial charge in [0.1, 0.15) is 0 Å². The Morgan fingerprint density at radius 1 is 1.45 bits per heavy atom. The van der Waals surface area contributed by atoms with Gasteiger partial charge in [0.25, 0.3) is 0 Å². The molecule has 0 aromatic carbocycles. The molecule has 1 aliphatic heterocycles. The number of pyridine rings is 1. The lowest BCUT2D eigenvalue weighted by Crippen LogP contribution is -2.53. The Hall–Kier alpha value is -1.50. The number of aliphatic hydroxyl groups excluding tert-OH is 1. The highest BCUT2D eigenvalue weighted by molar-refractivity contribution is 5.78. The fourth-order valence-electron chi connectivity index (χ4n) is 3.33. The van der Waals surface area contributed by atoms with Crippen molar-refractivity contribution in [2.45, 2.75) is 39.0 Å². The predicted octanol–water partition coefficient (Wildman–Crippen LogP) is 1.25. The minimum absolute atomic E-state index is 0.0545. The highest BCUT2D eigenvalue weighted by atomic mass is 16.5. The Kier molecular flexibility index (Phi) is 3.92. The first kappa shape index (κ1) is 15.4. The van der Waals surface area contributed by atoms with Crippen molar-refractivity contribution in [2.75, 3.05) is 19.7 Å². The molecule has 22 heavy (non-hydrogen) atoms. The highest BCUT2D eigenvalue weighted by Crippen LogP contribution is 2.23. The number of aliphatic hydroxyl groups is 1. The fraction of sp³-hybridized carbons (Fsp3) is 0.625. The van der Waals surface area contributed by atoms with E-state index in [0.717, 1.165) is 41.9 Å². The maximum atomic E-state index is 9.41. The van der Waals surface area contributed by atoms with Gasteiger partial charge in [0, 0.05) is 38.3 Å². The number of hydrogen-bond donors (Lipinski definition) is 1. The van der Waals surface area contributed by atoms with E-state index in [2.05, 4.69) is 34.9 Å². The normalized spacial score (nSPS) is 22.3. The zero-order chi connectivity index (χ0) is 15.9. The van der Waals surface area contributed by atoms with Crippen LogP contribution in [0, 0.1) is 6.92 Å².